The highest BCUT2D eigenvalue weighted by Crippen LogP contribution is 2.26. The highest BCUT2D eigenvalue weighted by molar-refractivity contribution is 5.75. The van der Waals surface area contributed by atoms with Crippen LogP contribution in [-0.2, 0) is 9.53 Å². The summed E-state index contributed by atoms with van der Waals surface area (Å²) in [5.74, 6) is 5.60. The van der Waals surface area contributed by atoms with Crippen molar-refractivity contribution >= 4 is 5.97 Å². The lowest BCUT2D eigenvalue weighted by Gasteiger charge is -2.11. The Hall–Kier alpha value is -1.79. The number of unbranched alkanes of at least 4 members (excludes halogenated alkanes) is 5. The van der Waals surface area contributed by atoms with E-state index in [0.717, 1.165) is 51.4 Å². The minimum atomic E-state index is -0.638. The van der Waals surface area contributed by atoms with Crippen molar-refractivity contribution in [3.05, 3.63) is 37.0 Å². The lowest BCUT2D eigenvalue weighted by molar-refractivity contribution is -0.143. The van der Waals surface area contributed by atoms with Gasteiger partial charge in [0, 0.05) is 6.42 Å². The van der Waals surface area contributed by atoms with Gasteiger partial charge in [-0.3, -0.25) is 4.79 Å². The predicted octanol–water partition coefficient (Wildman–Crippen LogP) is 4.33. The molecule has 132 valence electrons. The Labute approximate surface area is 146 Å². The fourth-order valence-corrected chi connectivity index (χ4v) is 2.65. The zero-order chi connectivity index (χ0) is 17.6. The van der Waals surface area contributed by atoms with Gasteiger partial charge in [0.15, 0.2) is 0 Å². The van der Waals surface area contributed by atoms with Gasteiger partial charge in [-0.05, 0) is 38.7 Å². The van der Waals surface area contributed by atoms with Crippen LogP contribution in [0.25, 0.3) is 0 Å². The summed E-state index contributed by atoms with van der Waals surface area (Å²) in [7, 11) is 0. The molecule has 1 heterocycles. The number of carbonyl (C=O) groups excluding carboxylic acids is 1. The third-order valence-electron chi connectivity index (χ3n) is 4.13. The normalized spacial score (nSPS) is 23.4. The molecule has 1 N–H and O–H groups in total. The van der Waals surface area contributed by atoms with Crippen molar-refractivity contribution in [1.82, 2.24) is 0 Å². The highest BCUT2D eigenvalue weighted by Gasteiger charge is 2.40. The summed E-state index contributed by atoms with van der Waals surface area (Å²) in [6.45, 7) is 5.42. The summed E-state index contributed by atoms with van der Waals surface area (Å²) >= 11 is 0. The number of hydrogen-bond acceptors (Lipinski definition) is 3. The molecule has 1 rings (SSSR count). The lowest BCUT2D eigenvalue weighted by atomic mass is 9.95. The summed E-state index contributed by atoms with van der Waals surface area (Å²) in [6.07, 6.45) is 16.7. The van der Waals surface area contributed by atoms with Gasteiger partial charge in [0.2, 0.25) is 0 Å². The average molecular weight is 330 g/mol. The molecule has 0 bridgehead atoms. The van der Waals surface area contributed by atoms with Crippen molar-refractivity contribution in [2.45, 2.75) is 70.5 Å². The second kappa shape index (κ2) is 12.6. The first-order valence-electron chi connectivity index (χ1n) is 8.96. The Morgan fingerprint density at radius 1 is 1.21 bits per heavy atom. The Bertz CT molecular complexity index is 493. The standard InChI is InChI=1S/C21H30O3/c1-3-4-5-6-7-8-9-10-11-12-13-14-15-16-17-19-20(22)18(2)24-21(19)23/h3,6-9,18-20,22H,1,4-5,12-17H2,2H3. The third-order valence-corrected chi connectivity index (χ3v) is 4.13. The van der Waals surface area contributed by atoms with Gasteiger partial charge in [0.1, 0.15) is 12.2 Å². The second-order valence-electron chi connectivity index (χ2n) is 6.17. The molecule has 1 aliphatic heterocycles. The molecule has 0 spiro atoms. The molecule has 0 amide bonds. The van der Waals surface area contributed by atoms with Gasteiger partial charge in [-0.2, -0.15) is 0 Å². The number of esters is 1. The van der Waals surface area contributed by atoms with E-state index in [9.17, 15) is 9.90 Å². The van der Waals surface area contributed by atoms with Crippen LogP contribution in [0.15, 0.2) is 37.0 Å². The number of ether oxygens (including phenoxy) is 1. The number of carbonyl (C=O) groups is 1. The Morgan fingerprint density at radius 3 is 2.71 bits per heavy atom. The molecule has 3 nitrogen and oxygen atoms in total. The van der Waals surface area contributed by atoms with Crippen LogP contribution in [0.5, 0.6) is 0 Å². The minimum absolute atomic E-state index is 0.244. The number of allylic oxidation sites excluding steroid dienone is 5. The van der Waals surface area contributed by atoms with Crippen LogP contribution in [-0.4, -0.2) is 23.3 Å². The summed E-state index contributed by atoms with van der Waals surface area (Å²) in [5, 5.41) is 9.85. The topological polar surface area (TPSA) is 46.5 Å². The van der Waals surface area contributed by atoms with Crippen LogP contribution >= 0.6 is 0 Å². The first-order valence-corrected chi connectivity index (χ1v) is 8.96. The molecule has 0 saturated carbocycles. The van der Waals surface area contributed by atoms with E-state index >= 15 is 0 Å². The lowest BCUT2D eigenvalue weighted by Crippen LogP contribution is -2.24. The van der Waals surface area contributed by atoms with Gasteiger partial charge < -0.3 is 9.84 Å². The molecule has 1 saturated heterocycles. The van der Waals surface area contributed by atoms with Crippen LogP contribution in [0.1, 0.15) is 58.3 Å². The molecule has 3 heteroatoms. The van der Waals surface area contributed by atoms with Crippen LogP contribution in [0.2, 0.25) is 0 Å². The maximum absolute atomic E-state index is 11.5. The molecular formula is C21H30O3. The zero-order valence-electron chi connectivity index (χ0n) is 14.7. The molecule has 0 aromatic rings. The van der Waals surface area contributed by atoms with Crippen molar-refractivity contribution in [1.29, 1.82) is 0 Å². The monoisotopic (exact) mass is 330 g/mol. The molecule has 0 radical (unpaired) electrons. The molecule has 0 aromatic carbocycles. The number of cyclic esters (lactones) is 1. The maximum Gasteiger partial charge on any atom is 0.312 e. The van der Waals surface area contributed by atoms with Gasteiger partial charge >= 0.3 is 5.97 Å². The van der Waals surface area contributed by atoms with Gasteiger partial charge in [-0.1, -0.05) is 55.4 Å². The average Bonchev–Trinajstić information content (AvgIpc) is 2.81. The van der Waals surface area contributed by atoms with Crippen LogP contribution in [0, 0.1) is 17.8 Å². The zero-order valence-corrected chi connectivity index (χ0v) is 14.7. The van der Waals surface area contributed by atoms with Gasteiger partial charge in [-0.15, -0.1) is 6.58 Å². The van der Waals surface area contributed by atoms with Crippen LogP contribution < -0.4 is 0 Å². The first kappa shape index (κ1) is 20.3. The van der Waals surface area contributed by atoms with E-state index in [1.165, 1.54) is 0 Å². The van der Waals surface area contributed by atoms with Crippen molar-refractivity contribution < 1.29 is 14.6 Å². The molecule has 1 aliphatic rings. The van der Waals surface area contributed by atoms with E-state index in [0.29, 0.717) is 0 Å². The van der Waals surface area contributed by atoms with Crippen molar-refractivity contribution in [3.8, 4) is 11.8 Å². The number of aliphatic hydroxyl groups is 1. The number of aliphatic hydroxyl groups excluding tert-OH is 1. The molecular weight excluding hydrogens is 300 g/mol. The summed E-state index contributed by atoms with van der Waals surface area (Å²) in [6, 6.07) is 0. The van der Waals surface area contributed by atoms with E-state index in [2.05, 4.69) is 24.5 Å². The Balaban J connectivity index is 2.00. The molecule has 0 aromatic heterocycles. The summed E-state index contributed by atoms with van der Waals surface area (Å²) < 4.78 is 5.03. The quantitative estimate of drug-likeness (QED) is 0.213. The fraction of sp³-hybridized carbons (Fsp3) is 0.571. The molecule has 24 heavy (non-hydrogen) atoms. The SMILES string of the molecule is C=CCCC=CC=CC#CCCCCCCC1C(=O)OC(C)C1O. The minimum Gasteiger partial charge on any atom is -0.460 e. The van der Waals surface area contributed by atoms with E-state index in [-0.39, 0.29) is 18.0 Å². The summed E-state index contributed by atoms with van der Waals surface area (Å²) in [4.78, 5) is 11.5. The molecule has 3 atom stereocenters. The van der Waals surface area contributed by atoms with Crippen molar-refractivity contribution in [2.24, 2.45) is 5.92 Å². The maximum atomic E-state index is 11.5. The Morgan fingerprint density at radius 2 is 2.00 bits per heavy atom. The van der Waals surface area contributed by atoms with E-state index in [4.69, 9.17) is 4.74 Å². The van der Waals surface area contributed by atoms with Crippen LogP contribution in [0.4, 0.5) is 0 Å². The smallest absolute Gasteiger partial charge is 0.312 e. The highest BCUT2D eigenvalue weighted by atomic mass is 16.6. The molecule has 0 aliphatic carbocycles. The van der Waals surface area contributed by atoms with E-state index in [1.54, 1.807) is 6.92 Å². The van der Waals surface area contributed by atoms with Gasteiger partial charge in [0.25, 0.3) is 0 Å². The molecule has 3 unspecified atom stereocenters. The number of hydrogen-bond donors (Lipinski definition) is 1. The molecule has 1 fully saturated rings. The third kappa shape index (κ3) is 8.17. The van der Waals surface area contributed by atoms with Crippen LogP contribution in [0.3, 0.4) is 0 Å². The largest absolute Gasteiger partial charge is 0.460 e. The predicted molar refractivity (Wildman–Crippen MR) is 98.2 cm³/mol. The van der Waals surface area contributed by atoms with E-state index in [1.807, 2.05) is 24.3 Å². The fourth-order valence-electron chi connectivity index (χ4n) is 2.65. The Kier molecular flexibility index (Phi) is 10.6. The van der Waals surface area contributed by atoms with Gasteiger partial charge in [0.05, 0.1) is 5.92 Å². The second-order valence-corrected chi connectivity index (χ2v) is 6.17. The summed E-state index contributed by atoms with van der Waals surface area (Å²) in [5.41, 5.74) is 0. The number of rotatable bonds is 10. The van der Waals surface area contributed by atoms with Crippen molar-refractivity contribution in [2.75, 3.05) is 0 Å². The van der Waals surface area contributed by atoms with E-state index < -0.39 is 6.10 Å². The van der Waals surface area contributed by atoms with Gasteiger partial charge in [-0.25, -0.2) is 0 Å². The first-order chi connectivity index (χ1) is 11.7. The van der Waals surface area contributed by atoms with Crippen molar-refractivity contribution in [3.63, 3.8) is 0 Å².